The van der Waals surface area contributed by atoms with Crippen LogP contribution in [0.4, 0.5) is 0 Å². The van der Waals surface area contributed by atoms with Gasteiger partial charge in [0.1, 0.15) is 11.5 Å². The van der Waals surface area contributed by atoms with Crippen molar-refractivity contribution in [2.75, 3.05) is 5.33 Å². The van der Waals surface area contributed by atoms with E-state index in [0.717, 1.165) is 17.1 Å². The molecule has 0 saturated carbocycles. The molecule has 0 aromatic heterocycles. The van der Waals surface area contributed by atoms with Crippen LogP contribution >= 0.6 is 15.9 Å². The Hall–Kier alpha value is -1.32. The fourth-order valence-corrected chi connectivity index (χ4v) is 1.85. The molecular weight excluding hydrogens is 280 g/mol. The van der Waals surface area contributed by atoms with E-state index < -0.39 is 6.10 Å². The lowest BCUT2D eigenvalue weighted by Crippen LogP contribution is -1.97. The Morgan fingerprint density at radius 3 is 2.12 bits per heavy atom. The Morgan fingerprint density at radius 1 is 0.941 bits per heavy atom. The van der Waals surface area contributed by atoms with Crippen LogP contribution in [0.2, 0.25) is 0 Å². The molecule has 0 bridgehead atoms. The monoisotopic (exact) mass is 292 g/mol. The lowest BCUT2D eigenvalue weighted by molar-refractivity contribution is 0.205. The first-order valence-corrected chi connectivity index (χ1v) is 6.48. The van der Waals surface area contributed by atoms with Crippen molar-refractivity contribution in [2.45, 2.75) is 6.10 Å². The minimum atomic E-state index is -0.472. The molecule has 17 heavy (non-hydrogen) atoms. The standard InChI is InChI=1S/C14H13BrO2/c15-10-14(16)11-6-8-13(9-7-11)17-12-4-2-1-3-5-12/h1-9,14,16H,10H2. The van der Waals surface area contributed by atoms with Gasteiger partial charge in [0.25, 0.3) is 0 Å². The van der Waals surface area contributed by atoms with E-state index in [1.807, 2.05) is 54.6 Å². The summed E-state index contributed by atoms with van der Waals surface area (Å²) in [6.07, 6.45) is -0.472. The van der Waals surface area contributed by atoms with E-state index in [1.54, 1.807) is 0 Å². The number of alkyl halides is 1. The van der Waals surface area contributed by atoms with Gasteiger partial charge in [-0.1, -0.05) is 46.3 Å². The van der Waals surface area contributed by atoms with Crippen LogP contribution in [-0.2, 0) is 0 Å². The normalized spacial score (nSPS) is 12.1. The summed E-state index contributed by atoms with van der Waals surface area (Å²) in [5, 5.41) is 10.2. The smallest absolute Gasteiger partial charge is 0.127 e. The molecule has 1 atom stereocenters. The van der Waals surface area contributed by atoms with Gasteiger partial charge in [-0.05, 0) is 29.8 Å². The first kappa shape index (κ1) is 12.1. The van der Waals surface area contributed by atoms with E-state index in [9.17, 15) is 5.11 Å². The second-order valence-corrected chi connectivity index (χ2v) is 4.30. The third kappa shape index (κ3) is 3.32. The average Bonchev–Trinajstić information content (AvgIpc) is 2.40. The summed E-state index contributed by atoms with van der Waals surface area (Å²) in [7, 11) is 0. The van der Waals surface area contributed by atoms with E-state index in [4.69, 9.17) is 4.74 Å². The molecule has 1 N–H and O–H groups in total. The molecule has 0 aliphatic rings. The van der Waals surface area contributed by atoms with Gasteiger partial charge < -0.3 is 9.84 Å². The van der Waals surface area contributed by atoms with Crippen LogP contribution in [-0.4, -0.2) is 10.4 Å². The maximum Gasteiger partial charge on any atom is 0.127 e. The molecule has 0 amide bonds. The van der Waals surface area contributed by atoms with Gasteiger partial charge in [-0.2, -0.15) is 0 Å². The van der Waals surface area contributed by atoms with Gasteiger partial charge in [-0.25, -0.2) is 0 Å². The number of para-hydroxylation sites is 1. The average molecular weight is 293 g/mol. The van der Waals surface area contributed by atoms with Crippen LogP contribution < -0.4 is 4.74 Å². The van der Waals surface area contributed by atoms with Crippen LogP contribution in [0.1, 0.15) is 11.7 Å². The minimum absolute atomic E-state index is 0.472. The van der Waals surface area contributed by atoms with Crippen LogP contribution in [0.5, 0.6) is 11.5 Å². The molecular formula is C14H13BrO2. The van der Waals surface area contributed by atoms with Crippen molar-refractivity contribution < 1.29 is 9.84 Å². The summed E-state index contributed by atoms with van der Waals surface area (Å²) in [4.78, 5) is 0. The van der Waals surface area contributed by atoms with Crippen molar-refractivity contribution in [3.05, 3.63) is 60.2 Å². The molecule has 0 saturated heterocycles. The third-order valence-electron chi connectivity index (χ3n) is 2.39. The molecule has 2 aromatic rings. The van der Waals surface area contributed by atoms with E-state index in [-0.39, 0.29) is 0 Å². The Bertz CT molecular complexity index is 453. The van der Waals surface area contributed by atoms with E-state index in [2.05, 4.69) is 15.9 Å². The minimum Gasteiger partial charge on any atom is -0.457 e. The highest BCUT2D eigenvalue weighted by atomic mass is 79.9. The zero-order valence-corrected chi connectivity index (χ0v) is 10.8. The van der Waals surface area contributed by atoms with Crippen LogP contribution in [0.15, 0.2) is 54.6 Å². The number of hydrogen-bond donors (Lipinski definition) is 1. The maximum absolute atomic E-state index is 9.62. The predicted molar refractivity (Wildman–Crippen MR) is 71.7 cm³/mol. The SMILES string of the molecule is OC(CBr)c1ccc(Oc2ccccc2)cc1. The summed E-state index contributed by atoms with van der Waals surface area (Å²) in [5.41, 5.74) is 0.877. The van der Waals surface area contributed by atoms with Gasteiger partial charge in [-0.3, -0.25) is 0 Å². The van der Waals surface area contributed by atoms with Gasteiger partial charge in [0.2, 0.25) is 0 Å². The molecule has 0 spiro atoms. The Morgan fingerprint density at radius 2 is 1.53 bits per heavy atom. The predicted octanol–water partition coefficient (Wildman–Crippen LogP) is 3.91. The second kappa shape index (κ2) is 5.84. The third-order valence-corrected chi connectivity index (χ3v) is 3.00. The molecule has 2 aromatic carbocycles. The summed E-state index contributed by atoms with van der Waals surface area (Å²) in [5.74, 6) is 1.57. The van der Waals surface area contributed by atoms with Crippen molar-refractivity contribution >= 4 is 15.9 Å². The molecule has 0 aliphatic heterocycles. The lowest BCUT2D eigenvalue weighted by Gasteiger charge is -2.09. The summed E-state index contributed by atoms with van der Waals surface area (Å²) in [6, 6.07) is 17.1. The number of aliphatic hydroxyl groups is 1. The lowest BCUT2D eigenvalue weighted by atomic mass is 10.1. The number of hydrogen-bond acceptors (Lipinski definition) is 2. The van der Waals surface area contributed by atoms with Crippen LogP contribution in [0, 0.1) is 0 Å². The Kier molecular flexibility index (Phi) is 4.18. The van der Waals surface area contributed by atoms with E-state index in [0.29, 0.717) is 5.33 Å². The summed E-state index contributed by atoms with van der Waals surface area (Å²) < 4.78 is 5.65. The summed E-state index contributed by atoms with van der Waals surface area (Å²) >= 11 is 3.24. The Balaban J connectivity index is 2.08. The molecule has 0 aliphatic carbocycles. The molecule has 0 heterocycles. The number of aliphatic hydroxyl groups excluding tert-OH is 1. The fraction of sp³-hybridized carbons (Fsp3) is 0.143. The highest BCUT2D eigenvalue weighted by molar-refractivity contribution is 9.09. The van der Waals surface area contributed by atoms with Crippen molar-refractivity contribution in [1.29, 1.82) is 0 Å². The van der Waals surface area contributed by atoms with Gasteiger partial charge in [0.15, 0.2) is 0 Å². The number of ether oxygens (including phenoxy) is 1. The largest absolute Gasteiger partial charge is 0.457 e. The number of rotatable bonds is 4. The van der Waals surface area contributed by atoms with Gasteiger partial charge >= 0.3 is 0 Å². The van der Waals surface area contributed by atoms with Gasteiger partial charge in [-0.15, -0.1) is 0 Å². The zero-order chi connectivity index (χ0) is 12.1. The molecule has 3 heteroatoms. The molecule has 1 unspecified atom stereocenters. The highest BCUT2D eigenvalue weighted by Crippen LogP contribution is 2.23. The van der Waals surface area contributed by atoms with Crippen molar-refractivity contribution in [3.63, 3.8) is 0 Å². The first-order valence-electron chi connectivity index (χ1n) is 5.36. The van der Waals surface area contributed by atoms with Crippen LogP contribution in [0.3, 0.4) is 0 Å². The van der Waals surface area contributed by atoms with Crippen molar-refractivity contribution in [1.82, 2.24) is 0 Å². The molecule has 0 fully saturated rings. The molecule has 2 nitrogen and oxygen atoms in total. The molecule has 88 valence electrons. The van der Waals surface area contributed by atoms with Gasteiger partial charge in [0, 0.05) is 5.33 Å². The maximum atomic E-state index is 9.62. The second-order valence-electron chi connectivity index (χ2n) is 3.65. The molecule has 2 rings (SSSR count). The zero-order valence-electron chi connectivity index (χ0n) is 9.21. The Labute approximate surface area is 109 Å². The first-order chi connectivity index (χ1) is 8.29. The number of benzene rings is 2. The van der Waals surface area contributed by atoms with Crippen molar-refractivity contribution in [2.24, 2.45) is 0 Å². The fourth-order valence-electron chi connectivity index (χ4n) is 1.47. The van der Waals surface area contributed by atoms with E-state index in [1.165, 1.54) is 0 Å². The van der Waals surface area contributed by atoms with Gasteiger partial charge in [0.05, 0.1) is 6.10 Å². The summed E-state index contributed by atoms with van der Waals surface area (Å²) in [6.45, 7) is 0. The number of halogens is 1. The topological polar surface area (TPSA) is 29.5 Å². The van der Waals surface area contributed by atoms with Crippen molar-refractivity contribution in [3.8, 4) is 11.5 Å². The van der Waals surface area contributed by atoms with Crippen LogP contribution in [0.25, 0.3) is 0 Å². The quantitative estimate of drug-likeness (QED) is 0.866. The highest BCUT2D eigenvalue weighted by Gasteiger charge is 2.05. The molecule has 0 radical (unpaired) electrons. The van der Waals surface area contributed by atoms with E-state index >= 15 is 0 Å².